The minimum Gasteiger partial charge on any atom is -0.369 e. The monoisotopic (exact) mass is 606 g/mol. The van der Waals surface area contributed by atoms with Crippen LogP contribution in [0.15, 0.2) is 85.2 Å². The molecule has 0 unspecified atom stereocenters. The third kappa shape index (κ3) is 5.62. The first kappa shape index (κ1) is 28.6. The van der Waals surface area contributed by atoms with E-state index in [0.717, 1.165) is 18.7 Å². The van der Waals surface area contributed by atoms with Crippen molar-refractivity contribution in [1.29, 1.82) is 0 Å². The van der Waals surface area contributed by atoms with Gasteiger partial charge >= 0.3 is 0 Å². The molecule has 4 aromatic rings. The van der Waals surface area contributed by atoms with E-state index < -0.39 is 35.2 Å². The van der Waals surface area contributed by atoms with Gasteiger partial charge in [0.1, 0.15) is 35.8 Å². The fraction of sp³-hybridized carbons (Fsp3) is 0.241. The van der Waals surface area contributed by atoms with Gasteiger partial charge in [-0.25, -0.2) is 37.8 Å². The molecular formula is C29H25F3N8O2S. The van der Waals surface area contributed by atoms with Crippen LogP contribution in [0.1, 0.15) is 28.5 Å². The van der Waals surface area contributed by atoms with Crippen LogP contribution < -0.4 is 10.6 Å². The quantitative estimate of drug-likeness (QED) is 0.312. The molecule has 1 fully saturated rings. The van der Waals surface area contributed by atoms with Crippen molar-refractivity contribution in [2.45, 2.75) is 24.5 Å². The van der Waals surface area contributed by atoms with Gasteiger partial charge in [-0.05, 0) is 30.3 Å². The molecule has 6 rings (SSSR count). The lowest BCUT2D eigenvalue weighted by Gasteiger charge is -2.37. The number of benzene rings is 2. The number of halogens is 3. The smallest absolute Gasteiger partial charge is 0.271 e. The number of amides is 1. The Morgan fingerprint density at radius 2 is 1.98 bits per heavy atom. The highest BCUT2D eigenvalue weighted by Crippen LogP contribution is 2.52. The van der Waals surface area contributed by atoms with E-state index in [9.17, 15) is 13.6 Å². The van der Waals surface area contributed by atoms with E-state index >= 15 is 4.39 Å². The van der Waals surface area contributed by atoms with Gasteiger partial charge in [0.15, 0.2) is 11.0 Å². The van der Waals surface area contributed by atoms with Crippen LogP contribution in [-0.2, 0) is 10.3 Å². The Hall–Kier alpha value is -4.56. The van der Waals surface area contributed by atoms with Crippen molar-refractivity contribution in [3.8, 4) is 5.82 Å². The van der Waals surface area contributed by atoms with Crippen LogP contribution >= 0.6 is 11.8 Å². The standard InChI is InChI=1S/C29H25F3N8O2S/c1-17(23-11-35-24(12-34-23)40-16-33-15-36-40)37-19-8-9-22(30)20(10-19)29-14-42-25(28(2,31)32)21(29)13-43-27(39-29)38-26(41)18-6-4-3-5-7-18/h3-12,15-16,21,25,37H,1,13-14H2,2H3,(H,38,39,41)/t21-,25+,29-/m1/s1. The fourth-order valence-electron chi connectivity index (χ4n) is 5.17. The van der Waals surface area contributed by atoms with E-state index in [1.165, 1.54) is 47.9 Å². The third-order valence-electron chi connectivity index (χ3n) is 7.25. The largest absolute Gasteiger partial charge is 0.369 e. The van der Waals surface area contributed by atoms with E-state index in [1.54, 1.807) is 30.3 Å². The predicted octanol–water partition coefficient (Wildman–Crippen LogP) is 4.68. The number of amidine groups is 1. The molecule has 4 heterocycles. The first-order valence-corrected chi connectivity index (χ1v) is 14.1. The Kier molecular flexibility index (Phi) is 7.48. The molecule has 0 bridgehead atoms. The predicted molar refractivity (Wildman–Crippen MR) is 155 cm³/mol. The summed E-state index contributed by atoms with van der Waals surface area (Å²) in [7, 11) is 0. The summed E-state index contributed by atoms with van der Waals surface area (Å²) in [6.07, 6.45) is 4.35. The highest BCUT2D eigenvalue weighted by Gasteiger charge is 2.60. The number of hydrogen-bond donors (Lipinski definition) is 2. The number of anilines is 1. The van der Waals surface area contributed by atoms with Crippen LogP contribution in [0.25, 0.3) is 11.5 Å². The van der Waals surface area contributed by atoms with Gasteiger partial charge in [0.05, 0.1) is 24.7 Å². The molecule has 1 amide bonds. The summed E-state index contributed by atoms with van der Waals surface area (Å²) in [6.45, 7) is 4.50. The minimum atomic E-state index is -3.20. The van der Waals surface area contributed by atoms with Gasteiger partial charge in [-0.3, -0.25) is 4.79 Å². The number of alkyl halides is 2. The second-order valence-electron chi connectivity index (χ2n) is 10.2. The van der Waals surface area contributed by atoms with Gasteiger partial charge < -0.3 is 15.4 Å². The molecule has 14 heteroatoms. The average molecular weight is 607 g/mol. The van der Waals surface area contributed by atoms with Gasteiger partial charge in [-0.15, -0.1) is 0 Å². The lowest BCUT2D eigenvalue weighted by Crippen LogP contribution is -2.47. The van der Waals surface area contributed by atoms with Gasteiger partial charge in [0.25, 0.3) is 11.8 Å². The highest BCUT2D eigenvalue weighted by molar-refractivity contribution is 8.13. The molecule has 220 valence electrons. The number of hydrogen-bond acceptors (Lipinski definition) is 9. The number of carbonyl (C=O) groups is 1. The van der Waals surface area contributed by atoms with E-state index in [0.29, 0.717) is 28.5 Å². The number of fused-ring (bicyclic) bond motifs is 1. The van der Waals surface area contributed by atoms with Crippen molar-refractivity contribution in [1.82, 2.24) is 30.0 Å². The molecule has 2 aromatic heterocycles. The summed E-state index contributed by atoms with van der Waals surface area (Å²) >= 11 is 1.12. The second kappa shape index (κ2) is 11.3. The molecule has 0 radical (unpaired) electrons. The van der Waals surface area contributed by atoms with Crippen molar-refractivity contribution >= 4 is 34.2 Å². The van der Waals surface area contributed by atoms with Gasteiger partial charge in [-0.2, -0.15) is 5.10 Å². The van der Waals surface area contributed by atoms with Crippen LogP contribution in [0.5, 0.6) is 0 Å². The number of nitrogens with one attached hydrogen (secondary N) is 2. The zero-order chi connectivity index (χ0) is 30.2. The normalized spacial score (nSPS) is 21.5. The van der Waals surface area contributed by atoms with Gasteiger partial charge in [0.2, 0.25) is 0 Å². The first-order valence-electron chi connectivity index (χ1n) is 13.2. The Bertz CT molecular complexity index is 1680. The van der Waals surface area contributed by atoms with Crippen molar-refractivity contribution in [3.63, 3.8) is 0 Å². The molecule has 2 aliphatic heterocycles. The second-order valence-corrected chi connectivity index (χ2v) is 11.2. The lowest BCUT2D eigenvalue weighted by molar-refractivity contribution is -0.113. The number of carbonyl (C=O) groups excluding carboxylic acids is 1. The van der Waals surface area contributed by atoms with Crippen molar-refractivity contribution in [3.05, 3.63) is 103 Å². The SMILES string of the molecule is C=C(Nc1ccc(F)c([C@]23CO[C@H](C(C)(F)F)[C@H]2CSC(NC(=O)c2ccccc2)=N3)c1)c1cnc(-n2cncn2)cn1. The van der Waals surface area contributed by atoms with E-state index in [1.807, 2.05) is 0 Å². The molecule has 0 saturated carbocycles. The highest BCUT2D eigenvalue weighted by atomic mass is 32.2. The van der Waals surface area contributed by atoms with Crippen LogP contribution in [0, 0.1) is 11.7 Å². The first-order chi connectivity index (χ1) is 20.6. The number of rotatable bonds is 7. The average Bonchev–Trinajstić information content (AvgIpc) is 3.68. The molecule has 10 nitrogen and oxygen atoms in total. The molecule has 1 saturated heterocycles. The number of thioether (sulfide) groups is 1. The molecule has 2 aliphatic rings. The van der Waals surface area contributed by atoms with Gasteiger partial charge in [0, 0.05) is 35.4 Å². The Labute approximate surface area is 248 Å². The molecule has 2 N–H and O–H groups in total. The zero-order valence-electron chi connectivity index (χ0n) is 22.7. The number of aromatic nitrogens is 5. The summed E-state index contributed by atoms with van der Waals surface area (Å²) in [4.78, 5) is 30.1. The van der Waals surface area contributed by atoms with Crippen molar-refractivity contribution in [2.75, 3.05) is 17.7 Å². The maximum atomic E-state index is 15.6. The number of ether oxygens (including phenoxy) is 1. The summed E-state index contributed by atoms with van der Waals surface area (Å²) in [5, 5.41) is 10.0. The zero-order valence-corrected chi connectivity index (χ0v) is 23.6. The van der Waals surface area contributed by atoms with Crippen molar-refractivity contribution < 1.29 is 22.7 Å². The lowest BCUT2D eigenvalue weighted by atomic mass is 9.77. The third-order valence-corrected chi connectivity index (χ3v) is 8.24. The molecule has 3 atom stereocenters. The van der Waals surface area contributed by atoms with E-state index in [4.69, 9.17) is 9.73 Å². The Morgan fingerprint density at radius 3 is 2.67 bits per heavy atom. The summed E-state index contributed by atoms with van der Waals surface area (Å²) in [6, 6.07) is 12.7. The summed E-state index contributed by atoms with van der Waals surface area (Å²) in [5.41, 5.74) is 0.142. The Balaban J connectivity index is 1.31. The minimum absolute atomic E-state index is 0.0569. The molecular weight excluding hydrogens is 581 g/mol. The molecule has 0 aliphatic carbocycles. The fourth-order valence-corrected chi connectivity index (χ4v) is 6.35. The molecule has 43 heavy (non-hydrogen) atoms. The van der Waals surface area contributed by atoms with Crippen LogP contribution in [0.3, 0.4) is 0 Å². The van der Waals surface area contributed by atoms with E-state index in [2.05, 4.69) is 37.3 Å². The van der Waals surface area contributed by atoms with Crippen LogP contribution in [0.4, 0.5) is 18.9 Å². The number of nitrogens with zero attached hydrogens (tertiary/aromatic N) is 6. The maximum Gasteiger partial charge on any atom is 0.271 e. The molecule has 0 spiro atoms. The van der Waals surface area contributed by atoms with E-state index in [-0.39, 0.29) is 23.1 Å². The van der Waals surface area contributed by atoms with Crippen molar-refractivity contribution in [2.24, 2.45) is 10.9 Å². The van der Waals surface area contributed by atoms with Crippen LogP contribution in [-0.4, -0.2) is 60.2 Å². The Morgan fingerprint density at radius 1 is 1.16 bits per heavy atom. The van der Waals surface area contributed by atoms with Crippen LogP contribution in [0.2, 0.25) is 0 Å². The topological polar surface area (TPSA) is 119 Å². The molecule has 2 aromatic carbocycles. The summed E-state index contributed by atoms with van der Waals surface area (Å²) in [5.74, 6) is -4.57. The number of aliphatic imine (C=N–C) groups is 1. The summed E-state index contributed by atoms with van der Waals surface area (Å²) < 4.78 is 52.0. The van der Waals surface area contributed by atoms with Gasteiger partial charge in [-0.1, -0.05) is 36.5 Å². The maximum absolute atomic E-state index is 15.6.